The van der Waals surface area contributed by atoms with E-state index in [1.807, 2.05) is 0 Å². The molecule has 0 aromatic carbocycles. The van der Waals surface area contributed by atoms with E-state index in [4.69, 9.17) is 0 Å². The summed E-state index contributed by atoms with van der Waals surface area (Å²) in [5.74, 6) is 0.443. The van der Waals surface area contributed by atoms with Gasteiger partial charge < -0.3 is 4.57 Å². The third-order valence-corrected chi connectivity index (χ3v) is 2.39. The van der Waals surface area contributed by atoms with Crippen LogP contribution in [0.25, 0.3) is 0 Å². The van der Waals surface area contributed by atoms with E-state index < -0.39 is 0 Å². The Morgan fingerprint density at radius 1 is 1.50 bits per heavy atom. The second kappa shape index (κ2) is 4.26. The zero-order valence-electron chi connectivity index (χ0n) is 8.83. The van der Waals surface area contributed by atoms with Gasteiger partial charge >= 0.3 is 5.69 Å². The molecule has 0 saturated heterocycles. The SMILES string of the molecule is CCC(C)Cn1cc(C)c(=O)[nH]c1=O. The highest BCUT2D eigenvalue weighted by Crippen LogP contribution is 2.02. The number of rotatable bonds is 3. The van der Waals surface area contributed by atoms with Crippen LogP contribution in [0.2, 0.25) is 0 Å². The molecule has 0 amide bonds. The molecule has 1 atom stereocenters. The van der Waals surface area contributed by atoms with Crippen molar-refractivity contribution in [1.29, 1.82) is 0 Å². The first-order chi connectivity index (χ1) is 6.54. The first-order valence-electron chi connectivity index (χ1n) is 4.85. The Morgan fingerprint density at radius 3 is 2.71 bits per heavy atom. The highest BCUT2D eigenvalue weighted by molar-refractivity contribution is 5.00. The summed E-state index contributed by atoms with van der Waals surface area (Å²) in [7, 11) is 0. The highest BCUT2D eigenvalue weighted by atomic mass is 16.2. The Kier molecular flexibility index (Phi) is 3.28. The van der Waals surface area contributed by atoms with Gasteiger partial charge in [-0.05, 0) is 12.8 Å². The van der Waals surface area contributed by atoms with Gasteiger partial charge in [0.05, 0.1) is 0 Å². The molecular formula is C10H16N2O2. The molecule has 0 spiro atoms. The molecule has 0 radical (unpaired) electrons. The summed E-state index contributed by atoms with van der Waals surface area (Å²) in [6, 6.07) is 0. The zero-order valence-corrected chi connectivity index (χ0v) is 8.83. The maximum Gasteiger partial charge on any atom is 0.328 e. The maximum atomic E-state index is 11.4. The lowest BCUT2D eigenvalue weighted by atomic mass is 10.1. The number of nitrogens with zero attached hydrogens (tertiary/aromatic N) is 1. The summed E-state index contributed by atoms with van der Waals surface area (Å²) in [4.78, 5) is 24.7. The number of nitrogens with one attached hydrogen (secondary N) is 1. The van der Waals surface area contributed by atoms with Crippen molar-refractivity contribution >= 4 is 0 Å². The molecule has 0 aliphatic heterocycles. The molecule has 0 fully saturated rings. The van der Waals surface area contributed by atoms with Crippen LogP contribution in [0.4, 0.5) is 0 Å². The third-order valence-electron chi connectivity index (χ3n) is 2.39. The van der Waals surface area contributed by atoms with E-state index in [0.717, 1.165) is 6.42 Å². The summed E-state index contributed by atoms with van der Waals surface area (Å²) in [6.07, 6.45) is 2.64. The van der Waals surface area contributed by atoms with Gasteiger partial charge in [-0.2, -0.15) is 0 Å². The lowest BCUT2D eigenvalue weighted by molar-refractivity contribution is 0.452. The Balaban J connectivity index is 3.04. The van der Waals surface area contributed by atoms with Gasteiger partial charge in [0.15, 0.2) is 0 Å². The molecule has 1 aromatic rings. The fraction of sp³-hybridized carbons (Fsp3) is 0.600. The summed E-state index contributed by atoms with van der Waals surface area (Å²) in [6.45, 7) is 6.51. The lowest BCUT2D eigenvalue weighted by Crippen LogP contribution is -2.32. The van der Waals surface area contributed by atoms with E-state index in [0.29, 0.717) is 18.0 Å². The van der Waals surface area contributed by atoms with Gasteiger partial charge in [0.1, 0.15) is 0 Å². The minimum Gasteiger partial charge on any atom is -0.300 e. The minimum absolute atomic E-state index is 0.296. The van der Waals surface area contributed by atoms with Crippen LogP contribution in [-0.2, 0) is 6.54 Å². The summed E-state index contributed by atoms with van der Waals surface area (Å²) in [5, 5.41) is 0. The second-order valence-electron chi connectivity index (χ2n) is 3.74. The molecule has 4 nitrogen and oxygen atoms in total. The van der Waals surface area contributed by atoms with Gasteiger partial charge in [-0.3, -0.25) is 9.78 Å². The van der Waals surface area contributed by atoms with Crippen molar-refractivity contribution in [3.05, 3.63) is 32.6 Å². The Morgan fingerprint density at radius 2 is 2.14 bits per heavy atom. The molecule has 1 rings (SSSR count). The number of aromatic amines is 1. The van der Waals surface area contributed by atoms with Crippen molar-refractivity contribution in [1.82, 2.24) is 9.55 Å². The molecule has 0 aliphatic rings. The zero-order chi connectivity index (χ0) is 10.7. The lowest BCUT2D eigenvalue weighted by Gasteiger charge is -2.10. The molecule has 1 unspecified atom stereocenters. The van der Waals surface area contributed by atoms with E-state index in [1.54, 1.807) is 17.7 Å². The minimum atomic E-state index is -0.319. The molecule has 1 N–H and O–H groups in total. The van der Waals surface area contributed by atoms with Crippen LogP contribution in [0.15, 0.2) is 15.8 Å². The number of aryl methyl sites for hydroxylation is 1. The average Bonchev–Trinajstić information content (AvgIpc) is 2.14. The van der Waals surface area contributed by atoms with E-state index in [-0.39, 0.29) is 11.2 Å². The van der Waals surface area contributed by atoms with Gasteiger partial charge in [0, 0.05) is 18.3 Å². The standard InChI is InChI=1S/C10H16N2O2/c1-4-7(2)5-12-6-8(3)9(13)11-10(12)14/h6-7H,4-5H2,1-3H3,(H,11,13,14). The number of H-pyrrole nitrogens is 1. The van der Waals surface area contributed by atoms with Crippen LogP contribution in [0.5, 0.6) is 0 Å². The van der Waals surface area contributed by atoms with Gasteiger partial charge in [0.2, 0.25) is 0 Å². The van der Waals surface area contributed by atoms with Crippen LogP contribution < -0.4 is 11.2 Å². The van der Waals surface area contributed by atoms with Crippen molar-refractivity contribution in [3.8, 4) is 0 Å². The summed E-state index contributed by atoms with van der Waals surface area (Å²) >= 11 is 0. The van der Waals surface area contributed by atoms with Crippen molar-refractivity contribution in [2.24, 2.45) is 5.92 Å². The molecule has 0 bridgehead atoms. The van der Waals surface area contributed by atoms with Crippen molar-refractivity contribution < 1.29 is 0 Å². The third kappa shape index (κ3) is 2.34. The molecular weight excluding hydrogens is 180 g/mol. The molecule has 1 heterocycles. The molecule has 14 heavy (non-hydrogen) atoms. The average molecular weight is 196 g/mol. The topological polar surface area (TPSA) is 54.9 Å². The Hall–Kier alpha value is -1.32. The van der Waals surface area contributed by atoms with Crippen molar-refractivity contribution in [2.75, 3.05) is 0 Å². The van der Waals surface area contributed by atoms with Crippen LogP contribution in [0, 0.1) is 12.8 Å². The quantitative estimate of drug-likeness (QED) is 0.780. The molecule has 4 heteroatoms. The second-order valence-corrected chi connectivity index (χ2v) is 3.74. The van der Waals surface area contributed by atoms with Gasteiger partial charge in [-0.25, -0.2) is 4.79 Å². The number of aromatic nitrogens is 2. The predicted molar refractivity (Wildman–Crippen MR) is 55.5 cm³/mol. The van der Waals surface area contributed by atoms with Crippen LogP contribution in [0.1, 0.15) is 25.8 Å². The molecule has 78 valence electrons. The Labute approximate surface area is 82.6 Å². The monoisotopic (exact) mass is 196 g/mol. The van der Waals surface area contributed by atoms with Crippen LogP contribution in [0.3, 0.4) is 0 Å². The Bertz CT molecular complexity index is 417. The van der Waals surface area contributed by atoms with Crippen LogP contribution >= 0.6 is 0 Å². The number of hydrogen-bond donors (Lipinski definition) is 1. The van der Waals surface area contributed by atoms with E-state index in [9.17, 15) is 9.59 Å². The largest absolute Gasteiger partial charge is 0.328 e. The molecule has 0 aliphatic carbocycles. The molecule has 1 aromatic heterocycles. The van der Waals surface area contributed by atoms with E-state index in [1.165, 1.54) is 0 Å². The fourth-order valence-electron chi connectivity index (χ4n) is 1.22. The normalized spacial score (nSPS) is 12.8. The van der Waals surface area contributed by atoms with Gasteiger partial charge in [-0.1, -0.05) is 20.3 Å². The summed E-state index contributed by atoms with van der Waals surface area (Å²) < 4.78 is 1.56. The van der Waals surface area contributed by atoms with E-state index >= 15 is 0 Å². The summed E-state index contributed by atoms with van der Waals surface area (Å²) in [5.41, 5.74) is -0.0378. The van der Waals surface area contributed by atoms with Crippen molar-refractivity contribution in [3.63, 3.8) is 0 Å². The van der Waals surface area contributed by atoms with Crippen LogP contribution in [-0.4, -0.2) is 9.55 Å². The first-order valence-corrected chi connectivity index (χ1v) is 4.85. The highest BCUT2D eigenvalue weighted by Gasteiger charge is 2.04. The smallest absolute Gasteiger partial charge is 0.300 e. The fourth-order valence-corrected chi connectivity index (χ4v) is 1.22. The number of hydrogen-bond acceptors (Lipinski definition) is 2. The maximum absolute atomic E-state index is 11.4. The first kappa shape index (κ1) is 10.8. The van der Waals surface area contributed by atoms with Gasteiger partial charge in [-0.15, -0.1) is 0 Å². The van der Waals surface area contributed by atoms with Crippen molar-refractivity contribution in [2.45, 2.75) is 33.7 Å². The van der Waals surface area contributed by atoms with E-state index in [2.05, 4.69) is 18.8 Å². The molecule has 0 saturated carbocycles. The predicted octanol–water partition coefficient (Wildman–Crippen LogP) is 0.891. The van der Waals surface area contributed by atoms with Gasteiger partial charge in [0.25, 0.3) is 5.56 Å².